The van der Waals surface area contributed by atoms with Gasteiger partial charge in [-0.15, -0.1) is 0 Å². The average molecular weight is 338 g/mol. The Morgan fingerprint density at radius 1 is 1.28 bits per heavy atom. The molecule has 3 rings (SSSR count). The molecule has 1 saturated heterocycles. The number of ether oxygens (including phenoxy) is 1. The van der Waals surface area contributed by atoms with Crippen LogP contribution in [0.1, 0.15) is 27.7 Å². The number of amides is 1. The summed E-state index contributed by atoms with van der Waals surface area (Å²) in [6.45, 7) is 3.65. The fourth-order valence-corrected chi connectivity index (χ4v) is 3.12. The van der Waals surface area contributed by atoms with Crippen LogP contribution in [0.15, 0.2) is 42.6 Å². The number of nitriles is 1. The van der Waals surface area contributed by atoms with Gasteiger partial charge in [-0.2, -0.15) is 5.26 Å². The number of aromatic nitrogens is 1. The van der Waals surface area contributed by atoms with Crippen LogP contribution in [0.3, 0.4) is 0 Å². The van der Waals surface area contributed by atoms with Gasteiger partial charge in [-0.1, -0.05) is 0 Å². The second-order valence-electron chi connectivity index (χ2n) is 6.11. The molecular weight excluding hydrogens is 316 g/mol. The van der Waals surface area contributed by atoms with Gasteiger partial charge in [0.25, 0.3) is 5.91 Å². The lowest BCUT2D eigenvalue weighted by Crippen LogP contribution is -2.44. The number of morpholine rings is 1. The number of rotatable bonds is 5. The molecule has 1 aliphatic heterocycles. The van der Waals surface area contributed by atoms with E-state index in [4.69, 9.17) is 10.00 Å². The van der Waals surface area contributed by atoms with Gasteiger partial charge in [0.2, 0.25) is 0 Å². The van der Waals surface area contributed by atoms with E-state index in [1.807, 2.05) is 19.3 Å². The molecular formula is C19H22N4O2. The van der Waals surface area contributed by atoms with Crippen LogP contribution in [0.4, 0.5) is 0 Å². The number of carbonyl (C=O) groups is 1. The van der Waals surface area contributed by atoms with Gasteiger partial charge >= 0.3 is 0 Å². The molecule has 0 unspecified atom stereocenters. The summed E-state index contributed by atoms with van der Waals surface area (Å²) >= 11 is 0. The fraction of sp³-hybridized carbons (Fsp3) is 0.368. The molecule has 1 atom stereocenters. The number of nitrogens with zero attached hydrogens (tertiary/aromatic N) is 3. The van der Waals surface area contributed by atoms with Gasteiger partial charge < -0.3 is 14.6 Å². The number of nitrogens with one attached hydrogen (secondary N) is 1. The average Bonchev–Trinajstić information content (AvgIpc) is 3.08. The predicted molar refractivity (Wildman–Crippen MR) is 94.0 cm³/mol. The Kier molecular flexibility index (Phi) is 5.49. The summed E-state index contributed by atoms with van der Waals surface area (Å²) in [6, 6.07) is 12.9. The Hall–Kier alpha value is -2.62. The number of carbonyl (C=O) groups excluding carboxylic acids is 1. The van der Waals surface area contributed by atoms with Crippen LogP contribution in [0.5, 0.6) is 0 Å². The highest BCUT2D eigenvalue weighted by atomic mass is 16.5. The van der Waals surface area contributed by atoms with Gasteiger partial charge in [0, 0.05) is 44.1 Å². The first kappa shape index (κ1) is 17.2. The Labute approximate surface area is 147 Å². The lowest BCUT2D eigenvalue weighted by molar-refractivity contribution is 0.0148. The summed E-state index contributed by atoms with van der Waals surface area (Å²) in [5.74, 6) is -0.128. The van der Waals surface area contributed by atoms with Gasteiger partial charge in [-0.25, -0.2) is 0 Å². The first-order valence-corrected chi connectivity index (χ1v) is 8.40. The van der Waals surface area contributed by atoms with Crippen molar-refractivity contribution in [1.82, 2.24) is 14.8 Å². The first-order valence-electron chi connectivity index (χ1n) is 8.40. The van der Waals surface area contributed by atoms with Crippen molar-refractivity contribution in [2.24, 2.45) is 7.05 Å². The van der Waals surface area contributed by atoms with Crippen LogP contribution in [-0.4, -0.2) is 48.2 Å². The fourth-order valence-electron chi connectivity index (χ4n) is 3.12. The highest BCUT2D eigenvalue weighted by Crippen LogP contribution is 2.21. The SMILES string of the molecule is Cn1cccc1[C@H](CNC(=O)c1ccc(C#N)cc1)N1CCOCC1. The largest absolute Gasteiger partial charge is 0.379 e. The molecule has 6 nitrogen and oxygen atoms in total. The highest BCUT2D eigenvalue weighted by Gasteiger charge is 2.25. The monoisotopic (exact) mass is 338 g/mol. The van der Waals surface area contributed by atoms with E-state index in [0.29, 0.717) is 30.9 Å². The zero-order valence-corrected chi connectivity index (χ0v) is 14.3. The third-order valence-electron chi connectivity index (χ3n) is 4.54. The summed E-state index contributed by atoms with van der Waals surface area (Å²) in [4.78, 5) is 14.8. The highest BCUT2D eigenvalue weighted by molar-refractivity contribution is 5.94. The van der Waals surface area contributed by atoms with Gasteiger partial charge in [-0.3, -0.25) is 9.69 Å². The van der Waals surface area contributed by atoms with Crippen molar-refractivity contribution in [3.63, 3.8) is 0 Å². The van der Waals surface area contributed by atoms with E-state index in [2.05, 4.69) is 26.9 Å². The maximum atomic E-state index is 12.4. The Morgan fingerprint density at radius 2 is 2.00 bits per heavy atom. The molecule has 1 N–H and O–H groups in total. The molecule has 6 heteroatoms. The van der Waals surface area contributed by atoms with Crippen molar-refractivity contribution in [2.75, 3.05) is 32.8 Å². The molecule has 0 bridgehead atoms. The Balaban J connectivity index is 1.70. The maximum Gasteiger partial charge on any atom is 0.251 e. The second-order valence-corrected chi connectivity index (χ2v) is 6.11. The minimum Gasteiger partial charge on any atom is -0.379 e. The van der Waals surface area contributed by atoms with Gasteiger partial charge in [-0.05, 0) is 36.4 Å². The van der Waals surface area contributed by atoms with Crippen LogP contribution < -0.4 is 5.32 Å². The van der Waals surface area contributed by atoms with Crippen molar-refractivity contribution < 1.29 is 9.53 Å². The van der Waals surface area contributed by atoms with E-state index in [9.17, 15) is 4.79 Å². The summed E-state index contributed by atoms with van der Waals surface area (Å²) in [7, 11) is 2.02. The smallest absolute Gasteiger partial charge is 0.251 e. The van der Waals surface area contributed by atoms with E-state index in [-0.39, 0.29) is 11.9 Å². The topological polar surface area (TPSA) is 70.3 Å². The minimum atomic E-state index is -0.128. The van der Waals surface area contributed by atoms with Crippen LogP contribution in [0.25, 0.3) is 0 Å². The van der Waals surface area contributed by atoms with Crippen molar-refractivity contribution in [3.8, 4) is 6.07 Å². The first-order chi connectivity index (χ1) is 12.2. The van der Waals surface area contributed by atoms with Crippen molar-refractivity contribution in [3.05, 3.63) is 59.4 Å². The summed E-state index contributed by atoms with van der Waals surface area (Å²) in [5, 5.41) is 11.9. The molecule has 0 aliphatic carbocycles. The number of aryl methyl sites for hydroxylation is 1. The molecule has 0 saturated carbocycles. The standard InChI is InChI=1S/C19H22N4O2/c1-22-8-2-3-17(22)18(23-9-11-25-12-10-23)14-21-19(24)16-6-4-15(13-20)5-7-16/h2-8,18H,9-12,14H2,1H3,(H,21,24)/t18-/m0/s1. The zero-order chi connectivity index (χ0) is 17.6. The molecule has 0 radical (unpaired) electrons. The molecule has 1 fully saturated rings. The molecule has 2 heterocycles. The summed E-state index contributed by atoms with van der Waals surface area (Å²) in [6.07, 6.45) is 2.02. The van der Waals surface area contributed by atoms with Crippen molar-refractivity contribution in [1.29, 1.82) is 5.26 Å². The number of benzene rings is 1. The van der Waals surface area contributed by atoms with Crippen LogP contribution in [0, 0.1) is 11.3 Å². The van der Waals surface area contributed by atoms with Crippen LogP contribution in [-0.2, 0) is 11.8 Å². The van der Waals surface area contributed by atoms with Gasteiger partial charge in [0.05, 0.1) is 30.9 Å². The molecule has 25 heavy (non-hydrogen) atoms. The molecule has 2 aromatic rings. The molecule has 0 spiro atoms. The Morgan fingerprint density at radius 3 is 2.60 bits per heavy atom. The Bertz CT molecular complexity index is 754. The molecule has 1 aliphatic rings. The van der Waals surface area contributed by atoms with E-state index < -0.39 is 0 Å². The number of hydrogen-bond acceptors (Lipinski definition) is 4. The maximum absolute atomic E-state index is 12.4. The second kappa shape index (κ2) is 7.97. The lowest BCUT2D eigenvalue weighted by atomic mass is 10.1. The van der Waals surface area contributed by atoms with Crippen molar-refractivity contribution in [2.45, 2.75) is 6.04 Å². The predicted octanol–water partition coefficient (Wildman–Crippen LogP) is 1.70. The van der Waals surface area contributed by atoms with Crippen LogP contribution in [0.2, 0.25) is 0 Å². The molecule has 130 valence electrons. The summed E-state index contributed by atoms with van der Waals surface area (Å²) in [5.41, 5.74) is 2.28. The zero-order valence-electron chi connectivity index (χ0n) is 14.3. The van der Waals surface area contributed by atoms with E-state index in [0.717, 1.165) is 13.1 Å². The normalized spacial score (nSPS) is 16.2. The number of hydrogen-bond donors (Lipinski definition) is 1. The molecule has 1 aromatic carbocycles. The van der Waals surface area contributed by atoms with Crippen molar-refractivity contribution >= 4 is 5.91 Å². The van der Waals surface area contributed by atoms with Crippen LogP contribution >= 0.6 is 0 Å². The third kappa shape index (κ3) is 4.08. The molecule has 1 amide bonds. The van der Waals surface area contributed by atoms with E-state index >= 15 is 0 Å². The van der Waals surface area contributed by atoms with E-state index in [1.54, 1.807) is 24.3 Å². The van der Waals surface area contributed by atoms with Gasteiger partial charge in [0.1, 0.15) is 0 Å². The van der Waals surface area contributed by atoms with Gasteiger partial charge in [0.15, 0.2) is 0 Å². The quantitative estimate of drug-likeness (QED) is 0.901. The van der Waals surface area contributed by atoms with E-state index in [1.165, 1.54) is 5.69 Å². The minimum absolute atomic E-state index is 0.103. The summed E-state index contributed by atoms with van der Waals surface area (Å²) < 4.78 is 7.54. The third-order valence-corrected chi connectivity index (χ3v) is 4.54. The molecule has 1 aromatic heterocycles. The lowest BCUT2D eigenvalue weighted by Gasteiger charge is -2.35.